The zero-order valence-electron chi connectivity index (χ0n) is 17.6. The Morgan fingerprint density at radius 2 is 2.00 bits per heavy atom. The summed E-state index contributed by atoms with van der Waals surface area (Å²) in [6.45, 7) is 2.04. The van der Waals surface area contributed by atoms with Crippen LogP contribution in [0.4, 0.5) is 24.7 Å². The maximum atomic E-state index is 13.5. The summed E-state index contributed by atoms with van der Waals surface area (Å²) in [6.07, 6.45) is 2.53. The van der Waals surface area contributed by atoms with E-state index in [0.29, 0.717) is 11.5 Å². The molecule has 0 spiro atoms. The zero-order valence-corrected chi connectivity index (χ0v) is 17.6. The van der Waals surface area contributed by atoms with Gasteiger partial charge in [-0.15, -0.1) is 0 Å². The van der Waals surface area contributed by atoms with Crippen LogP contribution in [0.15, 0.2) is 54.9 Å². The summed E-state index contributed by atoms with van der Waals surface area (Å²) >= 11 is 0. The molecule has 1 N–H and O–H groups in total. The van der Waals surface area contributed by atoms with Crippen LogP contribution >= 0.6 is 0 Å². The normalized spacial score (nSPS) is 16.2. The lowest BCUT2D eigenvalue weighted by atomic mass is 9.97. The van der Waals surface area contributed by atoms with Gasteiger partial charge in [-0.25, -0.2) is 23.1 Å². The summed E-state index contributed by atoms with van der Waals surface area (Å²) in [5.41, 5.74) is 2.42. The Morgan fingerprint density at radius 3 is 2.66 bits per heavy atom. The van der Waals surface area contributed by atoms with Gasteiger partial charge in [-0.2, -0.15) is 0 Å². The molecule has 9 heteroatoms. The van der Waals surface area contributed by atoms with Crippen molar-refractivity contribution in [3.8, 4) is 11.3 Å². The minimum absolute atomic E-state index is 0.282. The topological polar surface area (TPSA) is 71.0 Å². The van der Waals surface area contributed by atoms with E-state index in [2.05, 4.69) is 22.2 Å². The van der Waals surface area contributed by atoms with Crippen molar-refractivity contribution in [2.45, 2.75) is 25.2 Å². The molecule has 0 bridgehead atoms. The fraction of sp³-hybridized carbons (Fsp3) is 0.304. The highest BCUT2D eigenvalue weighted by atomic mass is 19.3. The van der Waals surface area contributed by atoms with E-state index in [1.807, 2.05) is 24.3 Å². The van der Waals surface area contributed by atoms with Gasteiger partial charge in [0.15, 0.2) is 6.29 Å². The molecule has 1 saturated heterocycles. The Bertz CT molecular complexity index is 1020. The van der Waals surface area contributed by atoms with Crippen molar-refractivity contribution < 1.29 is 18.0 Å². The van der Waals surface area contributed by atoms with E-state index in [0.717, 1.165) is 43.0 Å². The van der Waals surface area contributed by atoms with Crippen LogP contribution in [0.2, 0.25) is 0 Å². The molecule has 1 atom stereocenters. The number of hydrogen-bond acceptors (Lipinski definition) is 6. The van der Waals surface area contributed by atoms with Gasteiger partial charge in [0.25, 0.3) is 6.43 Å². The van der Waals surface area contributed by atoms with Gasteiger partial charge in [0.1, 0.15) is 17.5 Å². The van der Waals surface area contributed by atoms with E-state index in [1.165, 1.54) is 12.1 Å². The first-order chi connectivity index (χ1) is 15.4. The molecule has 1 aliphatic heterocycles. The quantitative estimate of drug-likeness (QED) is 0.578. The second-order valence-corrected chi connectivity index (χ2v) is 7.45. The summed E-state index contributed by atoms with van der Waals surface area (Å²) in [7, 11) is 2.13. The second-order valence-electron chi connectivity index (χ2n) is 7.45. The number of alkyl halides is 2. The molecule has 0 saturated carbocycles. The first-order valence-electron chi connectivity index (χ1n) is 10.2. The van der Waals surface area contributed by atoms with Crippen LogP contribution in [0.1, 0.15) is 24.6 Å². The zero-order chi connectivity index (χ0) is 22.9. The van der Waals surface area contributed by atoms with Crippen molar-refractivity contribution in [3.05, 3.63) is 66.5 Å². The van der Waals surface area contributed by atoms with Gasteiger partial charge >= 0.3 is 0 Å². The largest absolute Gasteiger partial charge is 0.340 e. The molecule has 1 unspecified atom stereocenters. The number of carbonyl (C=O) groups excluding carboxylic acids is 1. The van der Waals surface area contributed by atoms with E-state index < -0.39 is 12.7 Å². The first-order valence-corrected chi connectivity index (χ1v) is 10.2. The van der Waals surface area contributed by atoms with E-state index in [9.17, 15) is 13.2 Å². The van der Waals surface area contributed by atoms with E-state index >= 15 is 0 Å². The Morgan fingerprint density at radius 1 is 1.19 bits per heavy atom. The fourth-order valence-corrected chi connectivity index (χ4v) is 3.47. The Balaban J connectivity index is 0.000000523. The average molecular weight is 443 g/mol. The Labute approximate surface area is 184 Å². The Kier molecular flexibility index (Phi) is 8.27. The van der Waals surface area contributed by atoms with Crippen LogP contribution in [0.25, 0.3) is 11.3 Å². The lowest BCUT2D eigenvalue weighted by Crippen LogP contribution is -2.31. The Hall–Kier alpha value is -3.33. The molecule has 6 nitrogen and oxygen atoms in total. The van der Waals surface area contributed by atoms with Gasteiger partial charge in [-0.05, 0) is 56.8 Å². The molecular formula is C23H24F3N5O. The number of nitrogens with zero attached hydrogens (tertiary/aromatic N) is 4. The molecule has 0 amide bonds. The van der Waals surface area contributed by atoms with E-state index in [1.54, 1.807) is 18.5 Å². The summed E-state index contributed by atoms with van der Waals surface area (Å²) in [5.74, 6) is 1.49. The molecule has 1 fully saturated rings. The van der Waals surface area contributed by atoms with Crippen molar-refractivity contribution in [2.75, 3.05) is 25.5 Å². The maximum absolute atomic E-state index is 13.5. The van der Waals surface area contributed by atoms with Crippen molar-refractivity contribution in [2.24, 2.45) is 0 Å². The second kappa shape index (κ2) is 11.3. The summed E-state index contributed by atoms with van der Waals surface area (Å²) < 4.78 is 34.3. The third-order valence-corrected chi connectivity index (χ3v) is 4.89. The van der Waals surface area contributed by atoms with Crippen LogP contribution in [0.3, 0.4) is 0 Å². The molecule has 168 valence electrons. The number of hydrogen-bond donors (Lipinski definition) is 1. The van der Waals surface area contributed by atoms with Crippen molar-refractivity contribution in [1.29, 1.82) is 0 Å². The highest BCUT2D eigenvalue weighted by Gasteiger charge is 2.22. The number of pyridine rings is 1. The van der Waals surface area contributed by atoms with Crippen molar-refractivity contribution in [1.82, 2.24) is 19.9 Å². The molecule has 1 aliphatic rings. The molecule has 32 heavy (non-hydrogen) atoms. The summed E-state index contributed by atoms with van der Waals surface area (Å²) in [6, 6.07) is 12.2. The number of aromatic nitrogens is 3. The van der Waals surface area contributed by atoms with Gasteiger partial charge in [0, 0.05) is 42.2 Å². The SMILES string of the molecule is CN1CCCC(c2nc(Nc3cccc(F)c3)cc(-c3cccnc3)n2)C1.O=CC(F)F. The number of piperidine rings is 1. The first kappa shape index (κ1) is 23.3. The number of anilines is 2. The molecule has 0 aliphatic carbocycles. The third kappa shape index (κ3) is 6.84. The van der Waals surface area contributed by atoms with Crippen LogP contribution in [-0.4, -0.2) is 52.7 Å². The average Bonchev–Trinajstić information content (AvgIpc) is 2.80. The number of aldehydes is 1. The molecular weight excluding hydrogens is 419 g/mol. The van der Waals surface area contributed by atoms with Crippen molar-refractivity contribution >= 4 is 17.8 Å². The highest BCUT2D eigenvalue weighted by Crippen LogP contribution is 2.28. The molecule has 3 heterocycles. The minimum atomic E-state index is -2.80. The number of carbonyl (C=O) groups is 1. The number of benzene rings is 1. The maximum Gasteiger partial charge on any atom is 0.293 e. The van der Waals surface area contributed by atoms with Crippen LogP contribution < -0.4 is 5.32 Å². The number of likely N-dealkylation sites (N-methyl/N-ethyl adjacent to an activating group) is 1. The molecule has 0 radical (unpaired) electrons. The lowest BCUT2D eigenvalue weighted by Gasteiger charge is -2.29. The number of rotatable bonds is 5. The van der Waals surface area contributed by atoms with Gasteiger partial charge < -0.3 is 10.2 Å². The number of halogens is 3. The smallest absolute Gasteiger partial charge is 0.293 e. The molecule has 4 rings (SSSR count). The highest BCUT2D eigenvalue weighted by molar-refractivity contribution is 5.65. The van der Waals surface area contributed by atoms with Crippen LogP contribution in [0.5, 0.6) is 0 Å². The van der Waals surface area contributed by atoms with Crippen LogP contribution in [0, 0.1) is 5.82 Å². The van der Waals surface area contributed by atoms with Crippen LogP contribution in [-0.2, 0) is 4.79 Å². The third-order valence-electron chi connectivity index (χ3n) is 4.89. The summed E-state index contributed by atoms with van der Waals surface area (Å²) in [5, 5.41) is 3.22. The van der Waals surface area contributed by atoms with E-state index in [-0.39, 0.29) is 11.7 Å². The van der Waals surface area contributed by atoms with Gasteiger partial charge in [-0.3, -0.25) is 9.78 Å². The van der Waals surface area contributed by atoms with E-state index in [4.69, 9.17) is 14.8 Å². The van der Waals surface area contributed by atoms with Gasteiger partial charge in [0.2, 0.25) is 0 Å². The van der Waals surface area contributed by atoms with Gasteiger partial charge in [-0.1, -0.05) is 6.07 Å². The predicted octanol–water partition coefficient (Wildman–Crippen LogP) is 4.68. The fourth-order valence-electron chi connectivity index (χ4n) is 3.47. The molecule has 2 aromatic heterocycles. The van der Waals surface area contributed by atoms with Crippen molar-refractivity contribution in [3.63, 3.8) is 0 Å². The molecule has 3 aromatic rings. The number of likely N-dealkylation sites (tertiary alicyclic amines) is 1. The number of nitrogens with one attached hydrogen (secondary N) is 1. The minimum Gasteiger partial charge on any atom is -0.340 e. The van der Waals surface area contributed by atoms with Gasteiger partial charge in [0.05, 0.1) is 5.69 Å². The summed E-state index contributed by atoms with van der Waals surface area (Å²) in [4.78, 5) is 24.8. The molecule has 1 aromatic carbocycles. The standard InChI is InChI=1S/C21H22FN5.C2H2F2O/c1-27-10-4-6-16(14-27)21-25-19(15-5-3-9-23-13-15)12-20(26-21)24-18-8-2-7-17(22)11-18;3-2(4)1-5/h2-3,5,7-9,11-13,16H,4,6,10,14H2,1H3,(H,24,25,26);1-2H. The lowest BCUT2D eigenvalue weighted by molar-refractivity contribution is -0.116. The predicted molar refractivity (Wildman–Crippen MR) is 116 cm³/mol. The monoisotopic (exact) mass is 443 g/mol.